The lowest BCUT2D eigenvalue weighted by Crippen LogP contribution is -2.52. The van der Waals surface area contributed by atoms with Gasteiger partial charge in [0.1, 0.15) is 11.8 Å². The van der Waals surface area contributed by atoms with Gasteiger partial charge in [0.05, 0.1) is 18.0 Å². The van der Waals surface area contributed by atoms with E-state index in [2.05, 4.69) is 47.4 Å². The van der Waals surface area contributed by atoms with E-state index in [1.807, 2.05) is 60.7 Å². The molecule has 2 aromatic heterocycles. The molecule has 5 rings (SSSR count). The van der Waals surface area contributed by atoms with E-state index in [-0.39, 0.29) is 17.7 Å². The van der Waals surface area contributed by atoms with Crippen molar-refractivity contribution < 1.29 is 24.5 Å². The summed E-state index contributed by atoms with van der Waals surface area (Å²) < 4.78 is 5.32. The number of aliphatic hydroxyl groups is 2. The van der Waals surface area contributed by atoms with Crippen molar-refractivity contribution in [1.29, 1.82) is 0 Å². The number of rotatable bonds is 10. The number of benzene rings is 3. The van der Waals surface area contributed by atoms with Crippen molar-refractivity contribution in [3.05, 3.63) is 101 Å². The summed E-state index contributed by atoms with van der Waals surface area (Å²) >= 11 is 1.39. The zero-order valence-electron chi connectivity index (χ0n) is 26.4. The van der Waals surface area contributed by atoms with Crippen LogP contribution in [0.4, 0.5) is 0 Å². The number of ether oxygens (including phenoxy) is 1. The van der Waals surface area contributed by atoms with Crippen molar-refractivity contribution in [2.75, 3.05) is 7.11 Å². The molecule has 4 N–H and O–H groups in total. The van der Waals surface area contributed by atoms with Crippen LogP contribution >= 0.6 is 11.3 Å². The van der Waals surface area contributed by atoms with E-state index in [4.69, 9.17) is 4.74 Å². The number of aromatic nitrogens is 2. The highest BCUT2D eigenvalue weighted by molar-refractivity contribution is 7.14. The second-order valence-corrected chi connectivity index (χ2v) is 13.4. The fourth-order valence-corrected chi connectivity index (χ4v) is 5.85. The minimum atomic E-state index is -1.73. The summed E-state index contributed by atoms with van der Waals surface area (Å²) in [7, 11) is 1.65. The summed E-state index contributed by atoms with van der Waals surface area (Å²) in [5, 5.41) is 26.6. The number of methoxy groups -OCH3 is 1. The summed E-state index contributed by atoms with van der Waals surface area (Å²) in [6.07, 6.45) is 2.05. The molecule has 9 nitrogen and oxygen atoms in total. The van der Waals surface area contributed by atoms with E-state index in [0.29, 0.717) is 10.7 Å². The van der Waals surface area contributed by atoms with Gasteiger partial charge in [-0.05, 0) is 64.6 Å². The van der Waals surface area contributed by atoms with Crippen LogP contribution in [0.25, 0.3) is 33.3 Å². The molecule has 0 fully saturated rings. The highest BCUT2D eigenvalue weighted by Gasteiger charge is 2.26. The van der Waals surface area contributed by atoms with Gasteiger partial charge in [0.15, 0.2) is 12.1 Å². The third-order valence-corrected chi connectivity index (χ3v) is 9.20. The second kappa shape index (κ2) is 13.8. The molecule has 238 valence electrons. The number of carbonyl (C=O) groups excluding carboxylic acids is 2. The predicted octanol–water partition coefficient (Wildman–Crippen LogP) is 5.49. The van der Waals surface area contributed by atoms with Crippen molar-refractivity contribution >= 4 is 33.9 Å². The van der Waals surface area contributed by atoms with Crippen molar-refractivity contribution in [1.82, 2.24) is 20.6 Å². The third-order valence-electron chi connectivity index (χ3n) is 7.69. The SMILES string of the molecule is COc1ccc2cc(-c3cnc(-c4ccc(C[C@H](NC(=O)c5ccc(C(C)(C)C)s5)C(=O)N[C@H](C)C(O)O)cc4)nc3)ccc2c1. The monoisotopic (exact) mass is 638 g/mol. The first-order valence-electron chi connectivity index (χ1n) is 15.0. The third kappa shape index (κ3) is 7.77. The van der Waals surface area contributed by atoms with Crippen LogP contribution < -0.4 is 15.4 Å². The smallest absolute Gasteiger partial charge is 0.262 e. The largest absolute Gasteiger partial charge is 0.497 e. The molecule has 0 aliphatic heterocycles. The molecule has 2 amide bonds. The van der Waals surface area contributed by atoms with Gasteiger partial charge in [-0.15, -0.1) is 11.3 Å². The van der Waals surface area contributed by atoms with Crippen LogP contribution in [0.3, 0.4) is 0 Å². The molecular weight excluding hydrogens is 600 g/mol. The Morgan fingerprint density at radius 2 is 1.50 bits per heavy atom. The zero-order chi connectivity index (χ0) is 33.0. The summed E-state index contributed by atoms with van der Waals surface area (Å²) in [6, 6.07) is 21.4. The van der Waals surface area contributed by atoms with Gasteiger partial charge in [-0.25, -0.2) is 9.97 Å². The highest BCUT2D eigenvalue weighted by Crippen LogP contribution is 2.30. The Hall–Kier alpha value is -4.64. The topological polar surface area (TPSA) is 134 Å². The molecule has 0 spiro atoms. The van der Waals surface area contributed by atoms with Crippen molar-refractivity contribution in [2.45, 2.75) is 57.9 Å². The molecule has 0 radical (unpaired) electrons. The van der Waals surface area contributed by atoms with Gasteiger partial charge in [0, 0.05) is 34.8 Å². The normalized spacial score (nSPS) is 13.0. The lowest BCUT2D eigenvalue weighted by Gasteiger charge is -2.22. The summed E-state index contributed by atoms with van der Waals surface area (Å²) in [4.78, 5) is 37.1. The standard InChI is InChI=1S/C36H38N4O5S/c1-21(35(43)44)39-33(41)29(40-34(42)30-14-15-31(46-30)36(2,3)4)16-22-6-8-23(9-7-22)32-37-19-27(20-38-32)25-10-11-26-18-28(45-5)13-12-24(26)17-25/h6-15,17-21,29,35,43-44H,16H2,1-5H3,(H,39,41)(H,40,42)/t21-,29+/m1/s1. The Bertz CT molecular complexity index is 1830. The lowest BCUT2D eigenvalue weighted by molar-refractivity contribution is -0.128. The van der Waals surface area contributed by atoms with Crippen LogP contribution in [-0.2, 0) is 16.6 Å². The Balaban J connectivity index is 1.30. The van der Waals surface area contributed by atoms with E-state index >= 15 is 0 Å². The van der Waals surface area contributed by atoms with E-state index in [9.17, 15) is 19.8 Å². The first-order valence-corrected chi connectivity index (χ1v) is 15.8. The Kier molecular flexibility index (Phi) is 9.81. The molecule has 0 aliphatic rings. The molecule has 0 bridgehead atoms. The molecule has 2 heterocycles. The Labute approximate surface area is 272 Å². The fourth-order valence-electron chi connectivity index (χ4n) is 4.88. The Morgan fingerprint density at radius 1 is 0.848 bits per heavy atom. The van der Waals surface area contributed by atoms with Crippen LogP contribution in [0.2, 0.25) is 0 Å². The first-order chi connectivity index (χ1) is 21.9. The van der Waals surface area contributed by atoms with Gasteiger partial charge in [-0.1, -0.05) is 63.2 Å². The van der Waals surface area contributed by atoms with E-state index in [1.54, 1.807) is 25.6 Å². The van der Waals surface area contributed by atoms with Crippen LogP contribution in [0.15, 0.2) is 85.2 Å². The van der Waals surface area contributed by atoms with Crippen LogP contribution in [-0.4, -0.2) is 57.5 Å². The predicted molar refractivity (Wildman–Crippen MR) is 181 cm³/mol. The molecule has 0 unspecified atom stereocenters. The van der Waals surface area contributed by atoms with Gasteiger partial charge < -0.3 is 25.6 Å². The summed E-state index contributed by atoms with van der Waals surface area (Å²) in [6.45, 7) is 7.70. The highest BCUT2D eigenvalue weighted by atomic mass is 32.1. The minimum Gasteiger partial charge on any atom is -0.497 e. The van der Waals surface area contributed by atoms with Crippen LogP contribution in [0.1, 0.15) is 47.8 Å². The summed E-state index contributed by atoms with van der Waals surface area (Å²) in [5.74, 6) is 0.486. The number of nitrogens with one attached hydrogen (secondary N) is 2. The van der Waals surface area contributed by atoms with Gasteiger partial charge in [0.2, 0.25) is 5.91 Å². The molecule has 10 heteroatoms. The van der Waals surface area contributed by atoms with Crippen molar-refractivity contribution in [2.24, 2.45) is 0 Å². The van der Waals surface area contributed by atoms with E-state index in [0.717, 1.165) is 43.7 Å². The molecule has 0 saturated carbocycles. The first kappa shape index (κ1) is 32.7. The number of carbonyl (C=O) groups is 2. The Morgan fingerprint density at radius 3 is 2.13 bits per heavy atom. The maximum absolute atomic E-state index is 13.2. The maximum atomic E-state index is 13.2. The molecule has 3 aromatic carbocycles. The molecule has 5 aromatic rings. The molecule has 46 heavy (non-hydrogen) atoms. The number of thiophene rings is 1. The number of hydrogen-bond acceptors (Lipinski definition) is 8. The maximum Gasteiger partial charge on any atom is 0.262 e. The minimum absolute atomic E-state index is 0.107. The zero-order valence-corrected chi connectivity index (χ0v) is 27.3. The number of nitrogens with zero attached hydrogens (tertiary/aromatic N) is 2. The van der Waals surface area contributed by atoms with E-state index < -0.39 is 24.3 Å². The lowest BCUT2D eigenvalue weighted by atomic mass is 9.95. The van der Waals surface area contributed by atoms with Gasteiger partial charge in [-0.2, -0.15) is 0 Å². The molecule has 0 aliphatic carbocycles. The number of hydrogen-bond donors (Lipinski definition) is 4. The molecule has 2 atom stereocenters. The second-order valence-electron chi connectivity index (χ2n) is 12.3. The van der Waals surface area contributed by atoms with E-state index in [1.165, 1.54) is 18.3 Å². The van der Waals surface area contributed by atoms with Crippen LogP contribution in [0, 0.1) is 0 Å². The number of aliphatic hydroxyl groups excluding tert-OH is 1. The number of fused-ring (bicyclic) bond motifs is 1. The average molecular weight is 639 g/mol. The molecule has 0 saturated heterocycles. The van der Waals surface area contributed by atoms with Crippen molar-refractivity contribution in [3.63, 3.8) is 0 Å². The molecular formula is C36H38N4O5S. The van der Waals surface area contributed by atoms with Gasteiger partial charge >= 0.3 is 0 Å². The average Bonchev–Trinajstić information content (AvgIpc) is 3.56. The summed E-state index contributed by atoms with van der Waals surface area (Å²) in [5.41, 5.74) is 3.39. The van der Waals surface area contributed by atoms with Gasteiger partial charge in [-0.3, -0.25) is 9.59 Å². The fraction of sp³-hybridized carbons (Fsp3) is 0.278. The quantitative estimate of drug-likeness (QED) is 0.149. The number of amides is 2. The van der Waals surface area contributed by atoms with Crippen LogP contribution in [0.5, 0.6) is 5.75 Å². The van der Waals surface area contributed by atoms with Gasteiger partial charge in [0.25, 0.3) is 5.91 Å². The van der Waals surface area contributed by atoms with Crippen molar-refractivity contribution in [3.8, 4) is 28.3 Å².